The number of anilines is 2. The summed E-state index contributed by atoms with van der Waals surface area (Å²) in [5.41, 5.74) is 6.98. The van der Waals surface area contributed by atoms with Crippen LogP contribution in [0.2, 0.25) is 10.3 Å². The van der Waals surface area contributed by atoms with Crippen LogP contribution in [0.25, 0.3) is 10.8 Å². The number of ether oxygens (including phenoxy) is 1. The normalized spacial score (nSPS) is 10.2. The number of amides is 1. The summed E-state index contributed by atoms with van der Waals surface area (Å²) in [7, 11) is 1.24. The number of carboxylic acids is 1. The Labute approximate surface area is 215 Å². The van der Waals surface area contributed by atoms with Crippen LogP contribution in [0.3, 0.4) is 0 Å². The molecule has 0 bridgehead atoms. The maximum atomic E-state index is 12.8. The third-order valence-electron chi connectivity index (χ3n) is 4.97. The van der Waals surface area contributed by atoms with Gasteiger partial charge in [0.1, 0.15) is 10.3 Å². The molecule has 0 saturated heterocycles. The lowest BCUT2D eigenvalue weighted by atomic mass is 10.00. The average Bonchev–Trinajstić information content (AvgIpc) is 2.86. The number of aromatic carboxylic acids is 1. The number of nitrogens with zero attached hydrogens (tertiary/aromatic N) is 2. The van der Waals surface area contributed by atoms with E-state index < -0.39 is 11.9 Å². The van der Waals surface area contributed by atoms with Crippen LogP contribution >= 0.6 is 23.2 Å². The number of benzene rings is 2. The zero-order chi connectivity index (χ0) is 26.4. The van der Waals surface area contributed by atoms with Crippen LogP contribution in [0, 0.1) is 6.92 Å². The van der Waals surface area contributed by atoms with Gasteiger partial charge >= 0.3 is 11.9 Å². The number of esters is 1. The maximum absolute atomic E-state index is 12.8. The number of carbonyl (C=O) groups is 3. The molecule has 0 atom stereocenters. The molecule has 2 heterocycles. The van der Waals surface area contributed by atoms with Gasteiger partial charge in [-0.1, -0.05) is 53.5 Å². The zero-order valence-corrected chi connectivity index (χ0v) is 20.6. The molecule has 0 aliphatic heterocycles. The number of nitrogens with one attached hydrogen (secondary N) is 1. The first-order chi connectivity index (χ1) is 17.1. The Morgan fingerprint density at radius 2 is 1.50 bits per heavy atom. The van der Waals surface area contributed by atoms with Crippen molar-refractivity contribution in [2.45, 2.75) is 6.92 Å². The largest absolute Gasteiger partial charge is 0.476 e. The lowest BCUT2D eigenvalue weighted by molar-refractivity contribution is 0.0594. The molecule has 1 amide bonds. The van der Waals surface area contributed by atoms with Crippen LogP contribution in [0.15, 0.2) is 60.7 Å². The molecule has 0 spiro atoms. The second kappa shape index (κ2) is 11.5. The number of aryl methyl sites for hydroxylation is 1. The molecule has 184 valence electrons. The third-order valence-corrected chi connectivity index (χ3v) is 5.39. The van der Waals surface area contributed by atoms with Gasteiger partial charge in [0, 0.05) is 5.56 Å². The van der Waals surface area contributed by atoms with Crippen LogP contribution in [0.1, 0.15) is 36.9 Å². The van der Waals surface area contributed by atoms with Crippen molar-refractivity contribution in [3.63, 3.8) is 0 Å². The average molecular weight is 527 g/mol. The highest BCUT2D eigenvalue weighted by Gasteiger charge is 2.18. The van der Waals surface area contributed by atoms with Crippen molar-refractivity contribution >= 4 is 63.2 Å². The lowest BCUT2D eigenvalue weighted by Gasteiger charge is -2.12. The molecule has 0 fully saturated rings. The van der Waals surface area contributed by atoms with E-state index in [0.717, 1.165) is 16.3 Å². The molecular weight excluding hydrogens is 507 g/mol. The van der Waals surface area contributed by atoms with E-state index in [1.165, 1.54) is 31.4 Å². The van der Waals surface area contributed by atoms with Gasteiger partial charge in [0.2, 0.25) is 0 Å². The quantitative estimate of drug-likeness (QED) is 0.241. The van der Waals surface area contributed by atoms with Gasteiger partial charge in [-0.15, -0.1) is 0 Å². The SMILES string of the molecule is COC(=O)c1nc(Cl)ccc1NC(=O)c1ccc(C)c2ccccc12.Nc1ccc(Cl)nc1C(=O)O. The van der Waals surface area contributed by atoms with Crippen molar-refractivity contribution in [2.75, 3.05) is 18.2 Å². The monoisotopic (exact) mass is 526 g/mol. The number of rotatable bonds is 4. The number of carbonyl (C=O) groups excluding carboxylic acids is 2. The number of halogens is 2. The minimum atomic E-state index is -1.18. The number of nitrogen functional groups attached to an aromatic ring is 1. The predicted octanol–water partition coefficient (Wildman–Crippen LogP) is 5.25. The van der Waals surface area contributed by atoms with Gasteiger partial charge in [0.05, 0.1) is 18.5 Å². The smallest absolute Gasteiger partial charge is 0.358 e. The molecule has 0 unspecified atom stereocenters. The van der Waals surface area contributed by atoms with Crippen molar-refractivity contribution in [1.82, 2.24) is 9.97 Å². The summed E-state index contributed by atoms with van der Waals surface area (Å²) in [6, 6.07) is 17.2. The van der Waals surface area contributed by atoms with Gasteiger partial charge in [-0.25, -0.2) is 19.6 Å². The highest BCUT2D eigenvalue weighted by molar-refractivity contribution is 6.30. The second-order valence-electron chi connectivity index (χ2n) is 7.33. The van der Waals surface area contributed by atoms with E-state index in [4.69, 9.17) is 38.8 Å². The highest BCUT2D eigenvalue weighted by atomic mass is 35.5. The van der Waals surface area contributed by atoms with Gasteiger partial charge < -0.3 is 20.9 Å². The van der Waals surface area contributed by atoms with Crippen LogP contribution in [0.4, 0.5) is 11.4 Å². The fourth-order valence-electron chi connectivity index (χ4n) is 3.24. The first-order valence-corrected chi connectivity index (χ1v) is 11.1. The first-order valence-electron chi connectivity index (χ1n) is 10.3. The molecule has 4 aromatic rings. The fraction of sp³-hybridized carbons (Fsp3) is 0.0800. The molecule has 0 aliphatic carbocycles. The summed E-state index contributed by atoms with van der Waals surface area (Å²) in [5, 5.41) is 13.3. The second-order valence-corrected chi connectivity index (χ2v) is 8.10. The lowest BCUT2D eigenvalue weighted by Crippen LogP contribution is -2.17. The van der Waals surface area contributed by atoms with Crippen LogP contribution < -0.4 is 11.1 Å². The first kappa shape index (κ1) is 26.4. The van der Waals surface area contributed by atoms with E-state index in [2.05, 4.69) is 15.3 Å². The Bertz CT molecular complexity index is 1480. The van der Waals surface area contributed by atoms with E-state index in [9.17, 15) is 14.4 Å². The van der Waals surface area contributed by atoms with Crippen LogP contribution in [-0.4, -0.2) is 40.0 Å². The Balaban J connectivity index is 0.000000275. The number of fused-ring (bicyclic) bond motifs is 1. The summed E-state index contributed by atoms with van der Waals surface area (Å²) in [6.45, 7) is 1.99. The Hall–Kier alpha value is -4.21. The number of methoxy groups -OCH3 is 1. The summed E-state index contributed by atoms with van der Waals surface area (Å²) >= 11 is 11.3. The summed E-state index contributed by atoms with van der Waals surface area (Å²) < 4.78 is 4.69. The number of carboxylic acid groups (broad SMARTS) is 1. The molecule has 2 aromatic heterocycles. The molecule has 11 heteroatoms. The van der Waals surface area contributed by atoms with Gasteiger partial charge in [0.15, 0.2) is 11.4 Å². The summed E-state index contributed by atoms with van der Waals surface area (Å²) in [4.78, 5) is 42.5. The van der Waals surface area contributed by atoms with Crippen molar-refractivity contribution < 1.29 is 24.2 Å². The van der Waals surface area contributed by atoms with E-state index in [1.54, 1.807) is 6.07 Å². The zero-order valence-electron chi connectivity index (χ0n) is 19.1. The molecule has 0 aliphatic rings. The van der Waals surface area contributed by atoms with E-state index in [0.29, 0.717) is 5.56 Å². The fourth-order valence-corrected chi connectivity index (χ4v) is 3.54. The summed E-state index contributed by atoms with van der Waals surface area (Å²) in [6.07, 6.45) is 0. The minimum absolute atomic E-state index is 0.0419. The number of hydrogen-bond donors (Lipinski definition) is 3. The highest BCUT2D eigenvalue weighted by Crippen LogP contribution is 2.24. The molecule has 36 heavy (non-hydrogen) atoms. The Morgan fingerprint density at radius 3 is 2.11 bits per heavy atom. The molecule has 4 rings (SSSR count). The van der Waals surface area contributed by atoms with Crippen LogP contribution in [-0.2, 0) is 4.74 Å². The molecular formula is C25H20Cl2N4O5. The van der Waals surface area contributed by atoms with E-state index in [-0.39, 0.29) is 39.0 Å². The number of pyridine rings is 2. The third kappa shape index (κ3) is 6.07. The maximum Gasteiger partial charge on any atom is 0.358 e. The number of aromatic nitrogens is 2. The van der Waals surface area contributed by atoms with Crippen molar-refractivity contribution in [3.8, 4) is 0 Å². The van der Waals surface area contributed by atoms with Gasteiger partial charge in [0.25, 0.3) is 5.91 Å². The van der Waals surface area contributed by atoms with Gasteiger partial charge in [-0.2, -0.15) is 0 Å². The topological polar surface area (TPSA) is 144 Å². The van der Waals surface area contributed by atoms with Crippen molar-refractivity contribution in [3.05, 3.63) is 93.5 Å². The van der Waals surface area contributed by atoms with E-state index >= 15 is 0 Å². The van der Waals surface area contributed by atoms with Crippen LogP contribution in [0.5, 0.6) is 0 Å². The standard InChI is InChI=1S/C19H15ClN2O3.C6H5ClN2O2/c1-11-7-8-14(13-6-4-3-5-12(11)13)18(23)21-15-9-10-16(20)22-17(15)19(24)25-2;7-4-2-1-3(8)5(9-4)6(10)11/h3-10H,1-2H3,(H,21,23);1-2H,8H2,(H,10,11). The van der Waals surface area contributed by atoms with Crippen molar-refractivity contribution in [2.24, 2.45) is 0 Å². The Kier molecular flexibility index (Phi) is 8.42. The Morgan fingerprint density at radius 1 is 0.889 bits per heavy atom. The number of hydrogen-bond acceptors (Lipinski definition) is 7. The van der Waals surface area contributed by atoms with E-state index in [1.807, 2.05) is 37.3 Å². The van der Waals surface area contributed by atoms with Gasteiger partial charge in [-0.05, 0) is 53.6 Å². The van der Waals surface area contributed by atoms with Crippen molar-refractivity contribution in [1.29, 1.82) is 0 Å². The summed E-state index contributed by atoms with van der Waals surface area (Å²) in [5.74, 6) is -2.19. The molecule has 2 aromatic carbocycles. The molecule has 0 radical (unpaired) electrons. The molecule has 9 nitrogen and oxygen atoms in total. The minimum Gasteiger partial charge on any atom is -0.476 e. The molecule has 0 saturated carbocycles. The number of nitrogens with two attached hydrogens (primary N) is 1. The predicted molar refractivity (Wildman–Crippen MR) is 138 cm³/mol. The molecule has 4 N–H and O–H groups in total. The van der Waals surface area contributed by atoms with Gasteiger partial charge in [-0.3, -0.25) is 4.79 Å².